The standard InChI is InChI=1S/C20H20N4O5S3/c1-13-4-2-3-9-23(13)32(28,29)16-7-5-14(6-8-16)19(25)22-20-21-17(12-31-20)18-10-15(11-30-18)24(26)27/h5-8,10-13H,2-4,9H2,1H3,(H,21,22,25). The minimum Gasteiger partial charge on any atom is -0.298 e. The van der Waals surface area contributed by atoms with Crippen LogP contribution in [-0.4, -0.2) is 41.1 Å². The van der Waals surface area contributed by atoms with Gasteiger partial charge in [-0.15, -0.1) is 22.7 Å². The van der Waals surface area contributed by atoms with Crippen molar-refractivity contribution in [3.8, 4) is 10.6 Å². The number of piperidine rings is 1. The first kappa shape index (κ1) is 22.5. The Hall–Kier alpha value is -2.67. The Balaban J connectivity index is 1.45. The molecule has 1 saturated heterocycles. The normalized spacial score (nSPS) is 17.2. The van der Waals surface area contributed by atoms with Gasteiger partial charge < -0.3 is 0 Å². The van der Waals surface area contributed by atoms with Crippen LogP contribution in [0.1, 0.15) is 36.5 Å². The van der Waals surface area contributed by atoms with E-state index in [4.69, 9.17) is 0 Å². The molecule has 12 heteroatoms. The summed E-state index contributed by atoms with van der Waals surface area (Å²) in [5.74, 6) is -0.418. The molecular formula is C20H20N4O5S3. The number of anilines is 1. The average Bonchev–Trinajstić information content (AvgIpc) is 3.44. The summed E-state index contributed by atoms with van der Waals surface area (Å²) in [7, 11) is -3.60. The fraction of sp³-hybridized carbons (Fsp3) is 0.300. The van der Waals surface area contributed by atoms with E-state index in [0.717, 1.165) is 19.3 Å². The number of hydrogen-bond donors (Lipinski definition) is 1. The highest BCUT2D eigenvalue weighted by Gasteiger charge is 2.31. The van der Waals surface area contributed by atoms with Crippen molar-refractivity contribution in [1.29, 1.82) is 0 Å². The number of aromatic nitrogens is 1. The third kappa shape index (κ3) is 4.58. The van der Waals surface area contributed by atoms with Crippen molar-refractivity contribution in [3.63, 3.8) is 0 Å². The van der Waals surface area contributed by atoms with E-state index in [9.17, 15) is 23.3 Å². The Morgan fingerprint density at radius 1 is 1.22 bits per heavy atom. The molecule has 0 saturated carbocycles. The Bertz CT molecular complexity index is 1250. The van der Waals surface area contributed by atoms with E-state index in [1.165, 1.54) is 62.7 Å². The van der Waals surface area contributed by atoms with Crippen LogP contribution in [0.4, 0.5) is 10.8 Å². The zero-order valence-corrected chi connectivity index (χ0v) is 19.5. The Kier molecular flexibility index (Phi) is 6.38. The Morgan fingerprint density at radius 3 is 2.62 bits per heavy atom. The van der Waals surface area contributed by atoms with Gasteiger partial charge in [0.15, 0.2) is 5.13 Å². The molecule has 0 spiro atoms. The lowest BCUT2D eigenvalue weighted by Gasteiger charge is -2.32. The largest absolute Gasteiger partial charge is 0.298 e. The number of thiophene rings is 1. The van der Waals surface area contributed by atoms with Crippen LogP contribution in [0.5, 0.6) is 0 Å². The third-order valence-corrected chi connectivity index (χ3v) is 8.96. The van der Waals surface area contributed by atoms with Crippen LogP contribution in [-0.2, 0) is 10.0 Å². The van der Waals surface area contributed by atoms with Crippen LogP contribution in [0, 0.1) is 10.1 Å². The first-order chi connectivity index (χ1) is 15.3. The van der Waals surface area contributed by atoms with Crippen molar-refractivity contribution in [1.82, 2.24) is 9.29 Å². The molecule has 3 heterocycles. The van der Waals surface area contributed by atoms with Gasteiger partial charge in [0.2, 0.25) is 10.0 Å². The number of nitrogens with zero attached hydrogens (tertiary/aromatic N) is 3. The second-order valence-corrected chi connectivity index (χ2v) is 11.1. The molecule has 0 bridgehead atoms. The zero-order chi connectivity index (χ0) is 22.9. The molecule has 2 aromatic heterocycles. The second kappa shape index (κ2) is 9.06. The monoisotopic (exact) mass is 492 g/mol. The number of sulfonamides is 1. The summed E-state index contributed by atoms with van der Waals surface area (Å²) in [6, 6.07) is 7.25. The minimum atomic E-state index is -3.60. The van der Waals surface area contributed by atoms with Crippen LogP contribution in [0.25, 0.3) is 10.6 Å². The van der Waals surface area contributed by atoms with Gasteiger partial charge in [0, 0.05) is 29.6 Å². The first-order valence-electron chi connectivity index (χ1n) is 9.88. The van der Waals surface area contributed by atoms with Gasteiger partial charge in [-0.05, 0) is 44.0 Å². The number of hydrogen-bond acceptors (Lipinski definition) is 8. The van der Waals surface area contributed by atoms with Gasteiger partial charge in [-0.3, -0.25) is 20.2 Å². The van der Waals surface area contributed by atoms with E-state index in [0.29, 0.717) is 27.8 Å². The van der Waals surface area contributed by atoms with Crippen LogP contribution in [0.15, 0.2) is 46.0 Å². The Labute approximate surface area is 192 Å². The molecule has 1 aliphatic rings. The topological polar surface area (TPSA) is 123 Å². The van der Waals surface area contributed by atoms with E-state index in [2.05, 4.69) is 10.3 Å². The van der Waals surface area contributed by atoms with Crippen molar-refractivity contribution in [2.75, 3.05) is 11.9 Å². The molecular weight excluding hydrogens is 472 g/mol. The van der Waals surface area contributed by atoms with Crippen LogP contribution in [0.2, 0.25) is 0 Å². The lowest BCUT2D eigenvalue weighted by atomic mass is 10.1. The molecule has 1 atom stereocenters. The zero-order valence-electron chi connectivity index (χ0n) is 17.1. The van der Waals surface area contributed by atoms with E-state index in [-0.39, 0.29) is 16.6 Å². The van der Waals surface area contributed by atoms with Gasteiger partial charge in [0.1, 0.15) is 0 Å². The van der Waals surface area contributed by atoms with Gasteiger partial charge >= 0.3 is 0 Å². The van der Waals surface area contributed by atoms with Crippen molar-refractivity contribution >= 4 is 49.4 Å². The number of nitro groups is 1. The molecule has 1 aliphatic heterocycles. The van der Waals surface area contributed by atoms with Crippen LogP contribution in [0.3, 0.4) is 0 Å². The summed E-state index contributed by atoms with van der Waals surface area (Å²) < 4.78 is 27.4. The van der Waals surface area contributed by atoms with Gasteiger partial charge in [-0.25, -0.2) is 13.4 Å². The smallest absolute Gasteiger partial charge is 0.280 e. The number of thiazole rings is 1. The van der Waals surface area contributed by atoms with Crippen molar-refractivity contribution < 1.29 is 18.1 Å². The molecule has 0 radical (unpaired) electrons. The summed E-state index contributed by atoms with van der Waals surface area (Å²) >= 11 is 2.41. The molecule has 0 aliphatic carbocycles. The van der Waals surface area contributed by atoms with Gasteiger partial charge in [0.05, 0.1) is 25.8 Å². The number of carbonyl (C=O) groups is 1. The lowest BCUT2D eigenvalue weighted by molar-refractivity contribution is -0.384. The first-order valence-corrected chi connectivity index (χ1v) is 13.1. The molecule has 4 rings (SSSR count). The van der Waals surface area contributed by atoms with Gasteiger partial charge in [-0.1, -0.05) is 6.42 Å². The second-order valence-electron chi connectivity index (χ2n) is 7.40. The summed E-state index contributed by atoms with van der Waals surface area (Å²) in [6.45, 7) is 2.42. The molecule has 1 N–H and O–H groups in total. The highest BCUT2D eigenvalue weighted by atomic mass is 32.2. The number of carbonyl (C=O) groups excluding carboxylic acids is 1. The van der Waals surface area contributed by atoms with Gasteiger partial charge in [0.25, 0.3) is 11.6 Å². The van der Waals surface area contributed by atoms with E-state index in [1.54, 1.807) is 5.38 Å². The maximum atomic E-state index is 12.9. The highest BCUT2D eigenvalue weighted by molar-refractivity contribution is 7.89. The predicted molar refractivity (Wildman–Crippen MR) is 124 cm³/mol. The Morgan fingerprint density at radius 2 is 1.97 bits per heavy atom. The maximum Gasteiger partial charge on any atom is 0.280 e. The molecule has 9 nitrogen and oxygen atoms in total. The minimum absolute atomic E-state index is 0.00225. The van der Waals surface area contributed by atoms with E-state index in [1.807, 2.05) is 6.92 Å². The van der Waals surface area contributed by atoms with Crippen molar-refractivity contribution in [3.05, 3.63) is 56.8 Å². The summed E-state index contributed by atoms with van der Waals surface area (Å²) in [5.41, 5.74) is 0.845. The molecule has 32 heavy (non-hydrogen) atoms. The fourth-order valence-corrected chi connectivity index (χ4v) is 6.81. The molecule has 1 unspecified atom stereocenters. The molecule has 1 aromatic carbocycles. The third-order valence-electron chi connectivity index (χ3n) is 5.24. The number of nitrogens with one attached hydrogen (secondary N) is 1. The van der Waals surface area contributed by atoms with Crippen LogP contribution < -0.4 is 5.32 Å². The quantitative estimate of drug-likeness (QED) is 0.396. The van der Waals surface area contributed by atoms with E-state index >= 15 is 0 Å². The summed E-state index contributed by atoms with van der Waals surface area (Å²) in [4.78, 5) is 28.1. The maximum absolute atomic E-state index is 12.9. The van der Waals surface area contributed by atoms with E-state index < -0.39 is 20.9 Å². The van der Waals surface area contributed by atoms with Crippen LogP contribution >= 0.6 is 22.7 Å². The fourth-order valence-electron chi connectivity index (χ4n) is 3.51. The highest BCUT2D eigenvalue weighted by Crippen LogP contribution is 2.33. The molecule has 3 aromatic rings. The van der Waals surface area contributed by atoms with Crippen molar-refractivity contribution in [2.24, 2.45) is 0 Å². The molecule has 168 valence electrons. The number of rotatable bonds is 6. The summed E-state index contributed by atoms with van der Waals surface area (Å²) in [6.07, 6.45) is 2.71. The lowest BCUT2D eigenvalue weighted by Crippen LogP contribution is -2.41. The van der Waals surface area contributed by atoms with Crippen molar-refractivity contribution in [2.45, 2.75) is 37.1 Å². The number of amides is 1. The van der Waals surface area contributed by atoms with Gasteiger partial charge in [-0.2, -0.15) is 4.31 Å². The summed E-state index contributed by atoms with van der Waals surface area (Å²) in [5, 5.41) is 17.0. The predicted octanol–water partition coefficient (Wildman–Crippen LogP) is 4.60. The average molecular weight is 493 g/mol. The molecule has 1 amide bonds. The number of benzene rings is 1. The SMILES string of the molecule is CC1CCCCN1S(=O)(=O)c1ccc(C(=O)Nc2nc(-c3cc([N+](=O)[O-])cs3)cs2)cc1. The molecule has 1 fully saturated rings.